The fourth-order valence-corrected chi connectivity index (χ4v) is 2.07. The molecule has 0 spiro atoms. The largest absolute Gasteiger partial charge is 0.394 e. The highest BCUT2D eigenvalue weighted by Gasteiger charge is 2.52. The number of hydrogen-bond acceptors (Lipinski definition) is 7. The fourth-order valence-electron chi connectivity index (χ4n) is 2.07. The van der Waals surface area contributed by atoms with E-state index in [1.165, 1.54) is 6.92 Å². The van der Waals surface area contributed by atoms with E-state index in [2.05, 4.69) is 5.32 Å². The van der Waals surface area contributed by atoms with Crippen LogP contribution in [0, 0.1) is 0 Å². The first-order chi connectivity index (χ1) is 8.35. The van der Waals surface area contributed by atoms with Crippen molar-refractivity contribution in [2.45, 2.75) is 43.5 Å². The third-order valence-corrected chi connectivity index (χ3v) is 2.96. The summed E-state index contributed by atoms with van der Waals surface area (Å²) < 4.78 is 5.16. The monoisotopic (exact) mass is 264 g/mol. The molecule has 1 aliphatic heterocycles. The van der Waals surface area contributed by atoms with Gasteiger partial charge in [0.05, 0.1) is 6.61 Å². The number of ether oxygens (including phenoxy) is 1. The van der Waals surface area contributed by atoms with Crippen molar-refractivity contribution in [2.24, 2.45) is 5.73 Å². The van der Waals surface area contributed by atoms with Crippen molar-refractivity contribution in [1.82, 2.24) is 5.32 Å². The van der Waals surface area contributed by atoms with Crippen LogP contribution in [0.3, 0.4) is 0 Å². The molecule has 0 radical (unpaired) electrons. The number of aliphatic hydroxyl groups excluding tert-OH is 3. The van der Waals surface area contributed by atoms with Crippen LogP contribution >= 0.6 is 0 Å². The van der Waals surface area contributed by atoms with Gasteiger partial charge in [-0.15, -0.1) is 0 Å². The Morgan fingerprint density at radius 2 is 2.06 bits per heavy atom. The maximum Gasteiger partial charge on any atom is 0.217 e. The normalized spacial score (nSPS) is 40.6. The molecule has 8 nitrogen and oxygen atoms in total. The average Bonchev–Trinajstić information content (AvgIpc) is 2.30. The summed E-state index contributed by atoms with van der Waals surface area (Å²) in [6, 6.07) is -1.21. The van der Waals surface area contributed by atoms with E-state index in [0.29, 0.717) is 0 Å². The van der Waals surface area contributed by atoms with Gasteiger partial charge in [0, 0.05) is 13.3 Å². The molecule has 0 saturated carbocycles. The molecular formula is C10H20N2O6. The number of amides is 1. The third-order valence-electron chi connectivity index (χ3n) is 2.96. The first-order valence-corrected chi connectivity index (χ1v) is 5.70. The number of aliphatic hydroxyl groups is 4. The summed E-state index contributed by atoms with van der Waals surface area (Å²) in [5.74, 6) is -2.42. The topological polar surface area (TPSA) is 145 Å². The third kappa shape index (κ3) is 2.97. The molecule has 8 heteroatoms. The first kappa shape index (κ1) is 15.3. The lowest BCUT2D eigenvalue weighted by Crippen LogP contribution is -2.70. The molecule has 7 N–H and O–H groups in total. The summed E-state index contributed by atoms with van der Waals surface area (Å²) in [7, 11) is 0. The predicted octanol–water partition coefficient (Wildman–Crippen LogP) is -3.36. The van der Waals surface area contributed by atoms with Gasteiger partial charge in [0.1, 0.15) is 24.4 Å². The molecule has 1 rings (SSSR count). The Labute approximate surface area is 104 Å². The lowest BCUT2D eigenvalue weighted by atomic mass is 9.88. The van der Waals surface area contributed by atoms with Gasteiger partial charge in [-0.3, -0.25) is 4.79 Å². The van der Waals surface area contributed by atoms with Crippen molar-refractivity contribution < 1.29 is 30.0 Å². The van der Waals surface area contributed by atoms with Crippen molar-refractivity contribution in [3.8, 4) is 0 Å². The summed E-state index contributed by atoms with van der Waals surface area (Å²) in [6.45, 7) is 0.686. The molecule has 1 saturated heterocycles. The standard InChI is InChI=1S/C10H20N2O6/c1-5(14)12-9-8(16)7(15)6(4-13)18-10(9,17)2-3-11/h6-9,13,15-17H,2-4,11H2,1H3,(H,12,14)/t6-,7-,8+,9-,10+/m1/s1. The van der Waals surface area contributed by atoms with E-state index in [0.717, 1.165) is 0 Å². The van der Waals surface area contributed by atoms with Gasteiger partial charge in [0.25, 0.3) is 0 Å². The number of rotatable bonds is 4. The molecule has 0 aromatic carbocycles. The summed E-state index contributed by atoms with van der Waals surface area (Å²) in [5.41, 5.74) is 5.35. The molecule has 106 valence electrons. The van der Waals surface area contributed by atoms with E-state index in [-0.39, 0.29) is 13.0 Å². The minimum atomic E-state index is -1.92. The second kappa shape index (κ2) is 5.91. The minimum absolute atomic E-state index is 0.0492. The van der Waals surface area contributed by atoms with Crippen LogP contribution in [0.25, 0.3) is 0 Å². The number of nitrogens with two attached hydrogens (primary N) is 1. The van der Waals surface area contributed by atoms with Crippen molar-refractivity contribution >= 4 is 5.91 Å². The van der Waals surface area contributed by atoms with Crippen molar-refractivity contribution in [3.63, 3.8) is 0 Å². The van der Waals surface area contributed by atoms with Crippen LogP contribution in [0.4, 0.5) is 0 Å². The van der Waals surface area contributed by atoms with E-state index in [9.17, 15) is 20.1 Å². The Kier molecular flexibility index (Phi) is 5.02. The highest BCUT2D eigenvalue weighted by atomic mass is 16.6. The molecule has 18 heavy (non-hydrogen) atoms. The second-order valence-corrected chi connectivity index (χ2v) is 4.38. The maximum atomic E-state index is 11.1. The predicted molar refractivity (Wildman–Crippen MR) is 60.2 cm³/mol. The SMILES string of the molecule is CC(=O)N[C@@H]1[C@@H](O)[C@H](O)[C@@H](CO)O[C@@]1(O)CCN. The Balaban J connectivity index is 2.97. The molecule has 1 heterocycles. The summed E-state index contributed by atoms with van der Waals surface area (Å²) in [6.07, 6.45) is -4.07. The molecule has 5 atom stereocenters. The minimum Gasteiger partial charge on any atom is -0.394 e. The zero-order valence-electron chi connectivity index (χ0n) is 10.1. The number of hydrogen-bond donors (Lipinski definition) is 6. The number of carbonyl (C=O) groups excluding carboxylic acids is 1. The molecule has 0 aliphatic carbocycles. The Morgan fingerprint density at radius 3 is 2.50 bits per heavy atom. The van der Waals surface area contributed by atoms with Crippen molar-refractivity contribution in [1.29, 1.82) is 0 Å². The summed E-state index contributed by atoms with van der Waals surface area (Å²) >= 11 is 0. The molecule has 1 aliphatic rings. The van der Waals surface area contributed by atoms with Crippen LogP contribution in [-0.4, -0.2) is 69.6 Å². The highest BCUT2D eigenvalue weighted by molar-refractivity contribution is 5.73. The van der Waals surface area contributed by atoms with E-state index < -0.39 is 42.7 Å². The Hall–Kier alpha value is -0.770. The second-order valence-electron chi connectivity index (χ2n) is 4.38. The van der Waals surface area contributed by atoms with Crippen LogP contribution < -0.4 is 11.1 Å². The van der Waals surface area contributed by atoms with Crippen molar-refractivity contribution in [2.75, 3.05) is 13.2 Å². The van der Waals surface area contributed by atoms with Crippen LogP contribution in [0.2, 0.25) is 0 Å². The number of nitrogens with one attached hydrogen (secondary N) is 1. The van der Waals surface area contributed by atoms with Gasteiger partial charge in [-0.1, -0.05) is 0 Å². The summed E-state index contributed by atoms with van der Waals surface area (Å²) in [4.78, 5) is 11.1. The van der Waals surface area contributed by atoms with Crippen molar-refractivity contribution in [3.05, 3.63) is 0 Å². The lowest BCUT2D eigenvalue weighted by molar-refractivity contribution is -0.319. The number of carbonyl (C=O) groups is 1. The lowest BCUT2D eigenvalue weighted by Gasteiger charge is -2.47. The molecule has 1 fully saturated rings. The quantitative estimate of drug-likeness (QED) is 0.311. The van der Waals surface area contributed by atoms with Crippen LogP contribution in [0.15, 0.2) is 0 Å². The molecule has 0 unspecified atom stereocenters. The maximum absolute atomic E-state index is 11.1. The van der Waals surface area contributed by atoms with E-state index >= 15 is 0 Å². The van der Waals surface area contributed by atoms with Crippen LogP contribution in [0.1, 0.15) is 13.3 Å². The Bertz CT molecular complexity index is 302. The zero-order valence-corrected chi connectivity index (χ0v) is 10.1. The molecular weight excluding hydrogens is 244 g/mol. The molecule has 0 bridgehead atoms. The van der Waals surface area contributed by atoms with Gasteiger partial charge < -0.3 is 36.2 Å². The van der Waals surface area contributed by atoms with Gasteiger partial charge >= 0.3 is 0 Å². The molecule has 0 aromatic rings. The average molecular weight is 264 g/mol. The van der Waals surface area contributed by atoms with E-state index in [4.69, 9.17) is 15.6 Å². The first-order valence-electron chi connectivity index (χ1n) is 5.70. The van der Waals surface area contributed by atoms with Gasteiger partial charge in [-0.25, -0.2) is 0 Å². The van der Waals surface area contributed by atoms with Gasteiger partial charge in [0.15, 0.2) is 5.79 Å². The zero-order chi connectivity index (χ0) is 13.9. The van der Waals surface area contributed by atoms with Gasteiger partial charge in [-0.2, -0.15) is 0 Å². The van der Waals surface area contributed by atoms with Crippen LogP contribution in [-0.2, 0) is 9.53 Å². The molecule has 1 amide bonds. The fraction of sp³-hybridized carbons (Fsp3) is 0.900. The Morgan fingerprint density at radius 1 is 1.44 bits per heavy atom. The van der Waals surface area contributed by atoms with Gasteiger partial charge in [-0.05, 0) is 6.54 Å². The highest BCUT2D eigenvalue weighted by Crippen LogP contribution is 2.30. The smallest absolute Gasteiger partial charge is 0.217 e. The summed E-state index contributed by atoms with van der Waals surface area (Å²) in [5, 5.41) is 41.2. The van der Waals surface area contributed by atoms with E-state index in [1.54, 1.807) is 0 Å². The van der Waals surface area contributed by atoms with Gasteiger partial charge in [0.2, 0.25) is 5.91 Å². The molecule has 0 aromatic heterocycles. The van der Waals surface area contributed by atoms with E-state index in [1.807, 2.05) is 0 Å². The van der Waals surface area contributed by atoms with Crippen LogP contribution in [0.5, 0.6) is 0 Å².